The van der Waals surface area contributed by atoms with Crippen molar-refractivity contribution in [2.75, 3.05) is 19.6 Å². The first-order chi connectivity index (χ1) is 13.0. The van der Waals surface area contributed by atoms with Gasteiger partial charge in [0.1, 0.15) is 0 Å². The number of nitrogens with zero attached hydrogens (tertiary/aromatic N) is 1. The Morgan fingerprint density at radius 3 is 2.41 bits per heavy atom. The molecule has 2 aromatic rings. The van der Waals surface area contributed by atoms with E-state index in [1.165, 1.54) is 24.0 Å². The fraction of sp³-hybridized carbons (Fsp3) is 0.435. The van der Waals surface area contributed by atoms with Crippen LogP contribution in [0.4, 0.5) is 0 Å². The summed E-state index contributed by atoms with van der Waals surface area (Å²) in [5, 5.41) is 2.98. The fourth-order valence-corrected chi connectivity index (χ4v) is 3.56. The molecule has 27 heavy (non-hydrogen) atoms. The molecular formula is C23H31N3O. The van der Waals surface area contributed by atoms with Crippen LogP contribution in [0.2, 0.25) is 0 Å². The molecule has 1 atom stereocenters. The molecular weight excluding hydrogens is 334 g/mol. The van der Waals surface area contributed by atoms with Crippen LogP contribution >= 0.6 is 0 Å². The Hall–Kier alpha value is -2.17. The normalized spacial score (nSPS) is 15.9. The molecule has 4 nitrogen and oxygen atoms in total. The molecule has 3 rings (SSSR count). The van der Waals surface area contributed by atoms with Gasteiger partial charge in [0.15, 0.2) is 0 Å². The third kappa shape index (κ3) is 5.41. The van der Waals surface area contributed by atoms with Crippen molar-refractivity contribution in [3.63, 3.8) is 0 Å². The summed E-state index contributed by atoms with van der Waals surface area (Å²) in [6, 6.07) is 16.1. The third-order valence-corrected chi connectivity index (χ3v) is 5.31. The molecule has 2 aromatic carbocycles. The number of carbonyl (C=O) groups excluding carboxylic acids is 1. The molecule has 0 aliphatic carbocycles. The van der Waals surface area contributed by atoms with E-state index in [0.717, 1.165) is 25.2 Å². The topological polar surface area (TPSA) is 58.4 Å². The molecule has 0 saturated carbocycles. The first-order valence-corrected chi connectivity index (χ1v) is 9.98. The zero-order valence-corrected chi connectivity index (χ0v) is 16.4. The number of hydrogen-bond acceptors (Lipinski definition) is 3. The van der Waals surface area contributed by atoms with E-state index in [1.54, 1.807) is 0 Å². The zero-order valence-electron chi connectivity index (χ0n) is 16.4. The van der Waals surface area contributed by atoms with Crippen LogP contribution in [0.1, 0.15) is 65.7 Å². The van der Waals surface area contributed by atoms with E-state index >= 15 is 0 Å². The van der Waals surface area contributed by atoms with E-state index < -0.39 is 0 Å². The van der Waals surface area contributed by atoms with E-state index in [-0.39, 0.29) is 11.9 Å². The molecule has 1 fully saturated rings. The summed E-state index contributed by atoms with van der Waals surface area (Å²) < 4.78 is 0. The van der Waals surface area contributed by atoms with Crippen molar-refractivity contribution >= 4 is 5.91 Å². The molecule has 0 spiro atoms. The van der Waals surface area contributed by atoms with Gasteiger partial charge in [0.05, 0.1) is 0 Å². The average Bonchev–Trinajstić information content (AvgIpc) is 3.19. The molecule has 3 N–H and O–H groups in total. The van der Waals surface area contributed by atoms with E-state index in [9.17, 15) is 4.79 Å². The van der Waals surface area contributed by atoms with E-state index in [1.807, 2.05) is 18.2 Å². The molecule has 4 heteroatoms. The number of likely N-dealkylation sites (tertiary alicyclic amines) is 1. The molecule has 0 aromatic heterocycles. The molecule has 1 amide bonds. The van der Waals surface area contributed by atoms with Gasteiger partial charge in [0, 0.05) is 24.7 Å². The lowest BCUT2D eigenvalue weighted by molar-refractivity contribution is 0.0951. The lowest BCUT2D eigenvalue weighted by atomic mass is 9.99. The average molecular weight is 366 g/mol. The van der Waals surface area contributed by atoms with Gasteiger partial charge in [-0.2, -0.15) is 0 Å². The van der Waals surface area contributed by atoms with Crippen LogP contribution < -0.4 is 11.1 Å². The van der Waals surface area contributed by atoms with Gasteiger partial charge in [-0.25, -0.2) is 0 Å². The Labute approximate surface area is 162 Å². The first kappa shape index (κ1) is 19.6. The minimum Gasteiger partial charge on any atom is -0.350 e. The predicted octanol–water partition coefficient (Wildman–Crippen LogP) is 3.84. The van der Waals surface area contributed by atoms with Crippen LogP contribution in [0.3, 0.4) is 0 Å². The van der Waals surface area contributed by atoms with Gasteiger partial charge in [0.25, 0.3) is 5.91 Å². The van der Waals surface area contributed by atoms with Crippen LogP contribution in [-0.2, 0) is 6.54 Å². The van der Waals surface area contributed by atoms with Crippen LogP contribution in [0.5, 0.6) is 0 Å². The number of nitrogens with two attached hydrogens (primary N) is 1. The second-order valence-electron chi connectivity index (χ2n) is 7.82. The molecule has 1 saturated heterocycles. The highest BCUT2D eigenvalue weighted by molar-refractivity contribution is 5.94. The lowest BCUT2D eigenvalue weighted by Gasteiger charge is -2.16. The SMILES string of the molecule is CC(C)c1ccc(C(N)CNC(=O)c2cccc(CN3CCCC3)c2)cc1. The van der Waals surface area contributed by atoms with Gasteiger partial charge in [-0.15, -0.1) is 0 Å². The Morgan fingerprint density at radius 1 is 1.07 bits per heavy atom. The maximum atomic E-state index is 12.5. The summed E-state index contributed by atoms with van der Waals surface area (Å²) in [5.41, 5.74) is 10.5. The number of benzene rings is 2. The van der Waals surface area contributed by atoms with E-state index in [2.05, 4.69) is 54.4 Å². The van der Waals surface area contributed by atoms with Crippen LogP contribution in [0.25, 0.3) is 0 Å². The minimum absolute atomic E-state index is 0.0625. The largest absolute Gasteiger partial charge is 0.350 e. The maximum absolute atomic E-state index is 12.5. The highest BCUT2D eigenvalue weighted by Gasteiger charge is 2.14. The summed E-state index contributed by atoms with van der Waals surface area (Å²) in [6.45, 7) is 8.00. The monoisotopic (exact) mass is 365 g/mol. The van der Waals surface area contributed by atoms with Crippen molar-refractivity contribution < 1.29 is 4.79 Å². The highest BCUT2D eigenvalue weighted by Crippen LogP contribution is 2.18. The predicted molar refractivity (Wildman–Crippen MR) is 111 cm³/mol. The quantitative estimate of drug-likeness (QED) is 0.784. The maximum Gasteiger partial charge on any atom is 0.251 e. The molecule has 1 heterocycles. The van der Waals surface area contributed by atoms with Crippen molar-refractivity contribution in [1.82, 2.24) is 10.2 Å². The van der Waals surface area contributed by atoms with Gasteiger partial charge >= 0.3 is 0 Å². The van der Waals surface area contributed by atoms with E-state index in [4.69, 9.17) is 5.73 Å². The smallest absolute Gasteiger partial charge is 0.251 e. The molecule has 0 bridgehead atoms. The summed E-state index contributed by atoms with van der Waals surface area (Å²) >= 11 is 0. The summed E-state index contributed by atoms with van der Waals surface area (Å²) in [7, 11) is 0. The third-order valence-electron chi connectivity index (χ3n) is 5.31. The van der Waals surface area contributed by atoms with Gasteiger partial charge < -0.3 is 11.1 Å². The van der Waals surface area contributed by atoms with Crippen molar-refractivity contribution in [2.24, 2.45) is 5.73 Å². The second kappa shape index (κ2) is 9.16. The Balaban J connectivity index is 1.55. The number of amides is 1. The standard InChI is InChI=1S/C23H31N3O/c1-17(2)19-8-10-20(11-9-19)22(24)15-25-23(27)21-7-5-6-18(14-21)16-26-12-3-4-13-26/h5-11,14,17,22H,3-4,12-13,15-16,24H2,1-2H3,(H,25,27). The van der Waals surface area contributed by atoms with Gasteiger partial charge in [0.2, 0.25) is 0 Å². The highest BCUT2D eigenvalue weighted by atomic mass is 16.1. The summed E-state index contributed by atoms with van der Waals surface area (Å²) in [5.74, 6) is 0.440. The fourth-order valence-electron chi connectivity index (χ4n) is 3.56. The summed E-state index contributed by atoms with van der Waals surface area (Å²) in [6.07, 6.45) is 2.55. The van der Waals surface area contributed by atoms with Crippen molar-refractivity contribution in [1.29, 1.82) is 0 Å². The van der Waals surface area contributed by atoms with Gasteiger partial charge in [-0.05, 0) is 60.7 Å². The number of carbonyl (C=O) groups is 1. The Kier molecular flexibility index (Phi) is 6.64. The van der Waals surface area contributed by atoms with Crippen LogP contribution in [-0.4, -0.2) is 30.4 Å². The van der Waals surface area contributed by atoms with Crippen molar-refractivity contribution in [2.45, 2.75) is 45.2 Å². The number of hydrogen-bond donors (Lipinski definition) is 2. The van der Waals surface area contributed by atoms with Gasteiger partial charge in [-0.1, -0.05) is 50.2 Å². The molecule has 144 valence electrons. The molecule has 1 aliphatic heterocycles. The molecule has 1 unspecified atom stereocenters. The molecule has 1 aliphatic rings. The lowest BCUT2D eigenvalue weighted by Crippen LogP contribution is -2.32. The van der Waals surface area contributed by atoms with Crippen molar-refractivity contribution in [3.8, 4) is 0 Å². The minimum atomic E-state index is -0.206. The second-order valence-corrected chi connectivity index (χ2v) is 7.82. The van der Waals surface area contributed by atoms with Crippen LogP contribution in [0, 0.1) is 0 Å². The van der Waals surface area contributed by atoms with Crippen molar-refractivity contribution in [3.05, 3.63) is 70.8 Å². The zero-order chi connectivity index (χ0) is 19.2. The number of rotatable bonds is 7. The molecule has 0 radical (unpaired) electrons. The number of nitrogens with one attached hydrogen (secondary N) is 1. The Bertz CT molecular complexity index is 748. The Morgan fingerprint density at radius 2 is 1.74 bits per heavy atom. The first-order valence-electron chi connectivity index (χ1n) is 9.98. The van der Waals surface area contributed by atoms with Crippen LogP contribution in [0.15, 0.2) is 48.5 Å². The van der Waals surface area contributed by atoms with Gasteiger partial charge in [-0.3, -0.25) is 9.69 Å². The summed E-state index contributed by atoms with van der Waals surface area (Å²) in [4.78, 5) is 15.0. The van der Waals surface area contributed by atoms with E-state index in [0.29, 0.717) is 18.0 Å².